The zero-order valence-corrected chi connectivity index (χ0v) is 15.4. The summed E-state index contributed by atoms with van der Waals surface area (Å²) in [7, 11) is 0. The zero-order valence-electron chi connectivity index (χ0n) is 14.7. The molecular weight excluding hydrogens is 351 g/mol. The Morgan fingerprint density at radius 1 is 0.962 bits per heavy atom. The summed E-state index contributed by atoms with van der Waals surface area (Å²) < 4.78 is 19.5. The van der Waals surface area contributed by atoms with Gasteiger partial charge in [0.1, 0.15) is 23.2 Å². The molecule has 0 bridgehead atoms. The van der Waals surface area contributed by atoms with Gasteiger partial charge in [-0.2, -0.15) is 0 Å². The SMILES string of the molecule is Cc1ccc(OCc2ccc(-c3ccc(C(C)O)cc3)cc2)c(Cl)c1F. The molecule has 3 aromatic rings. The molecule has 1 N–H and O–H groups in total. The van der Waals surface area contributed by atoms with Crippen molar-refractivity contribution in [2.24, 2.45) is 0 Å². The van der Waals surface area contributed by atoms with Crippen LogP contribution in [0.3, 0.4) is 0 Å². The van der Waals surface area contributed by atoms with E-state index in [1.807, 2.05) is 48.5 Å². The van der Waals surface area contributed by atoms with E-state index in [2.05, 4.69) is 0 Å². The van der Waals surface area contributed by atoms with Crippen molar-refractivity contribution < 1.29 is 14.2 Å². The molecule has 0 spiro atoms. The number of benzene rings is 3. The van der Waals surface area contributed by atoms with Gasteiger partial charge in [0.05, 0.1) is 6.10 Å². The van der Waals surface area contributed by atoms with Crippen molar-refractivity contribution in [3.8, 4) is 16.9 Å². The standard InChI is InChI=1S/C22H20ClFO2/c1-14-3-12-20(21(23)22(14)24)26-13-16-4-6-18(7-5-16)19-10-8-17(9-11-19)15(2)25/h3-12,15,25H,13H2,1-2H3. The number of rotatable bonds is 5. The number of halogens is 2. The van der Waals surface area contributed by atoms with Crippen LogP contribution in [0.1, 0.15) is 29.7 Å². The highest BCUT2D eigenvalue weighted by Gasteiger charge is 2.10. The predicted octanol–water partition coefficient (Wildman–Crippen LogP) is 6.09. The van der Waals surface area contributed by atoms with Crippen LogP contribution in [0.5, 0.6) is 5.75 Å². The van der Waals surface area contributed by atoms with Crippen LogP contribution < -0.4 is 4.74 Å². The molecule has 134 valence electrons. The minimum Gasteiger partial charge on any atom is -0.487 e. The van der Waals surface area contributed by atoms with Gasteiger partial charge in [-0.3, -0.25) is 0 Å². The van der Waals surface area contributed by atoms with E-state index in [0.717, 1.165) is 22.3 Å². The molecule has 2 nitrogen and oxygen atoms in total. The Morgan fingerprint density at radius 2 is 1.54 bits per heavy atom. The van der Waals surface area contributed by atoms with Crippen molar-refractivity contribution >= 4 is 11.6 Å². The first kappa shape index (κ1) is 18.4. The minimum atomic E-state index is -0.470. The van der Waals surface area contributed by atoms with E-state index in [1.165, 1.54) is 0 Å². The van der Waals surface area contributed by atoms with E-state index in [4.69, 9.17) is 16.3 Å². The Hall–Kier alpha value is -2.36. The van der Waals surface area contributed by atoms with Gasteiger partial charge in [-0.05, 0) is 47.7 Å². The maximum absolute atomic E-state index is 13.8. The van der Waals surface area contributed by atoms with Gasteiger partial charge in [-0.1, -0.05) is 66.2 Å². The molecule has 3 aromatic carbocycles. The van der Waals surface area contributed by atoms with Crippen LogP contribution >= 0.6 is 11.6 Å². The highest BCUT2D eigenvalue weighted by molar-refractivity contribution is 6.32. The van der Waals surface area contributed by atoms with Gasteiger partial charge in [0.25, 0.3) is 0 Å². The second-order valence-electron chi connectivity index (χ2n) is 6.29. The third-order valence-corrected chi connectivity index (χ3v) is 4.67. The Morgan fingerprint density at radius 3 is 2.12 bits per heavy atom. The fraction of sp³-hybridized carbons (Fsp3) is 0.182. The van der Waals surface area contributed by atoms with Crippen molar-refractivity contribution in [1.29, 1.82) is 0 Å². The van der Waals surface area contributed by atoms with E-state index in [9.17, 15) is 9.50 Å². The molecule has 0 saturated carbocycles. The summed E-state index contributed by atoms with van der Waals surface area (Å²) in [6.45, 7) is 3.72. The highest BCUT2D eigenvalue weighted by atomic mass is 35.5. The Bertz CT molecular complexity index is 887. The van der Waals surface area contributed by atoms with Crippen molar-refractivity contribution in [2.45, 2.75) is 26.6 Å². The summed E-state index contributed by atoms with van der Waals surface area (Å²) in [5.41, 5.74) is 4.50. The number of hydrogen-bond acceptors (Lipinski definition) is 2. The number of aryl methyl sites for hydroxylation is 1. The van der Waals surface area contributed by atoms with Gasteiger partial charge < -0.3 is 9.84 Å². The van der Waals surface area contributed by atoms with Gasteiger partial charge >= 0.3 is 0 Å². The molecule has 0 amide bonds. The molecule has 0 heterocycles. The van der Waals surface area contributed by atoms with Crippen molar-refractivity contribution in [3.63, 3.8) is 0 Å². The Balaban J connectivity index is 1.69. The average molecular weight is 371 g/mol. The normalized spacial score (nSPS) is 12.0. The quantitative estimate of drug-likeness (QED) is 0.589. The van der Waals surface area contributed by atoms with Crippen molar-refractivity contribution in [3.05, 3.63) is 88.2 Å². The summed E-state index contributed by atoms with van der Waals surface area (Å²) in [4.78, 5) is 0. The van der Waals surface area contributed by atoms with Gasteiger partial charge in [0.2, 0.25) is 0 Å². The summed E-state index contributed by atoms with van der Waals surface area (Å²) in [6, 6.07) is 19.1. The van der Waals surface area contributed by atoms with E-state index < -0.39 is 11.9 Å². The summed E-state index contributed by atoms with van der Waals surface area (Å²) in [6.07, 6.45) is -0.470. The molecule has 0 fully saturated rings. The highest BCUT2D eigenvalue weighted by Crippen LogP contribution is 2.30. The third-order valence-electron chi connectivity index (χ3n) is 4.31. The Labute approximate surface area is 157 Å². The maximum atomic E-state index is 13.8. The molecule has 0 saturated heterocycles. The summed E-state index contributed by atoms with van der Waals surface area (Å²) >= 11 is 5.99. The molecule has 26 heavy (non-hydrogen) atoms. The molecular formula is C22H20ClFO2. The first-order valence-electron chi connectivity index (χ1n) is 8.40. The number of aliphatic hydroxyl groups is 1. The van der Waals surface area contributed by atoms with Crippen LogP contribution in [-0.4, -0.2) is 5.11 Å². The molecule has 0 aromatic heterocycles. The zero-order chi connectivity index (χ0) is 18.7. The molecule has 4 heteroatoms. The smallest absolute Gasteiger partial charge is 0.148 e. The van der Waals surface area contributed by atoms with E-state index in [1.54, 1.807) is 26.0 Å². The van der Waals surface area contributed by atoms with Gasteiger partial charge in [-0.25, -0.2) is 4.39 Å². The topological polar surface area (TPSA) is 29.5 Å². The van der Waals surface area contributed by atoms with Crippen LogP contribution in [0.25, 0.3) is 11.1 Å². The molecule has 1 atom stereocenters. The first-order chi connectivity index (χ1) is 12.5. The van der Waals surface area contributed by atoms with Crippen LogP contribution in [0.4, 0.5) is 4.39 Å². The Kier molecular flexibility index (Phi) is 5.60. The molecule has 3 rings (SSSR count). The largest absolute Gasteiger partial charge is 0.487 e. The monoisotopic (exact) mass is 370 g/mol. The summed E-state index contributed by atoms with van der Waals surface area (Å²) in [5.74, 6) is -0.104. The molecule has 1 unspecified atom stereocenters. The lowest BCUT2D eigenvalue weighted by Crippen LogP contribution is -1.97. The molecule has 0 aliphatic heterocycles. The lowest BCUT2D eigenvalue weighted by Gasteiger charge is -2.11. The number of ether oxygens (including phenoxy) is 1. The van der Waals surface area contributed by atoms with E-state index >= 15 is 0 Å². The van der Waals surface area contributed by atoms with Crippen LogP contribution in [-0.2, 0) is 6.61 Å². The fourth-order valence-corrected chi connectivity index (χ4v) is 2.91. The minimum absolute atomic E-state index is 0.0137. The molecule has 0 aliphatic rings. The lowest BCUT2D eigenvalue weighted by molar-refractivity contribution is 0.199. The predicted molar refractivity (Wildman–Crippen MR) is 103 cm³/mol. The van der Waals surface area contributed by atoms with E-state index in [0.29, 0.717) is 17.9 Å². The second kappa shape index (κ2) is 7.90. The van der Waals surface area contributed by atoms with Crippen LogP contribution in [0.15, 0.2) is 60.7 Å². The average Bonchev–Trinajstić information content (AvgIpc) is 2.66. The van der Waals surface area contributed by atoms with Crippen molar-refractivity contribution in [2.75, 3.05) is 0 Å². The first-order valence-corrected chi connectivity index (χ1v) is 8.78. The molecule has 0 radical (unpaired) electrons. The number of aliphatic hydroxyl groups excluding tert-OH is 1. The second-order valence-corrected chi connectivity index (χ2v) is 6.67. The van der Waals surface area contributed by atoms with Gasteiger partial charge in [0.15, 0.2) is 0 Å². The lowest BCUT2D eigenvalue weighted by atomic mass is 10.0. The molecule has 0 aliphatic carbocycles. The maximum Gasteiger partial charge on any atom is 0.148 e. The summed E-state index contributed by atoms with van der Waals surface area (Å²) in [5, 5.41) is 9.59. The van der Waals surface area contributed by atoms with E-state index in [-0.39, 0.29) is 5.02 Å². The van der Waals surface area contributed by atoms with Gasteiger partial charge in [-0.15, -0.1) is 0 Å². The third kappa shape index (κ3) is 4.06. The fourth-order valence-electron chi connectivity index (χ4n) is 2.65. The number of hydrogen-bond donors (Lipinski definition) is 1. The van der Waals surface area contributed by atoms with Crippen LogP contribution in [0.2, 0.25) is 5.02 Å². The van der Waals surface area contributed by atoms with Gasteiger partial charge in [0, 0.05) is 0 Å². The van der Waals surface area contributed by atoms with Crippen LogP contribution in [0, 0.1) is 12.7 Å². The van der Waals surface area contributed by atoms with Crippen molar-refractivity contribution in [1.82, 2.24) is 0 Å².